The number of benzene rings is 1. The van der Waals surface area contributed by atoms with Gasteiger partial charge in [-0.15, -0.1) is 11.6 Å². The fourth-order valence-electron chi connectivity index (χ4n) is 1.10. The van der Waals surface area contributed by atoms with Crippen molar-refractivity contribution in [1.82, 2.24) is 0 Å². The molecule has 0 aliphatic rings. The van der Waals surface area contributed by atoms with E-state index in [4.69, 9.17) is 21.1 Å². The van der Waals surface area contributed by atoms with Crippen molar-refractivity contribution >= 4 is 11.6 Å². The third-order valence-electron chi connectivity index (χ3n) is 2.05. The molecule has 0 heterocycles. The largest absolute Gasteiger partial charge is 0.490 e. The number of rotatable bonds is 4. The van der Waals surface area contributed by atoms with Crippen molar-refractivity contribution < 1.29 is 9.47 Å². The van der Waals surface area contributed by atoms with Crippen LogP contribution < -0.4 is 4.74 Å². The molecule has 1 atom stereocenters. The van der Waals surface area contributed by atoms with E-state index in [0.717, 1.165) is 11.3 Å². The number of alkyl halides is 1. The summed E-state index contributed by atoms with van der Waals surface area (Å²) in [7, 11) is 1.66. The summed E-state index contributed by atoms with van der Waals surface area (Å²) in [4.78, 5) is 0. The smallest absolute Gasteiger partial charge is 0.135 e. The number of ether oxygens (including phenoxy) is 2. The van der Waals surface area contributed by atoms with Crippen LogP contribution in [-0.2, 0) is 4.74 Å². The molecule has 0 aromatic heterocycles. The van der Waals surface area contributed by atoms with Crippen molar-refractivity contribution in [3.63, 3.8) is 0 Å². The summed E-state index contributed by atoms with van der Waals surface area (Å²) >= 11 is 5.52. The fraction of sp³-hybridized carbons (Fsp3) is 0.385. The van der Waals surface area contributed by atoms with Crippen molar-refractivity contribution in [2.24, 2.45) is 0 Å². The molecule has 0 fully saturated rings. The summed E-state index contributed by atoms with van der Waals surface area (Å²) in [6, 6.07) is 7.64. The van der Waals surface area contributed by atoms with Crippen molar-refractivity contribution in [2.45, 2.75) is 13.0 Å². The minimum atomic E-state index is 0.0639. The molecule has 1 unspecified atom stereocenters. The quantitative estimate of drug-likeness (QED) is 0.593. The second-order valence-electron chi connectivity index (χ2n) is 3.29. The molecule has 0 radical (unpaired) electrons. The first-order valence-corrected chi connectivity index (χ1v) is 5.61. The Morgan fingerprint density at radius 1 is 1.38 bits per heavy atom. The van der Waals surface area contributed by atoms with Crippen LogP contribution in [-0.4, -0.2) is 25.7 Å². The minimum Gasteiger partial charge on any atom is -0.490 e. The van der Waals surface area contributed by atoms with E-state index in [1.54, 1.807) is 7.11 Å². The van der Waals surface area contributed by atoms with Crippen LogP contribution in [0.2, 0.25) is 0 Å². The third-order valence-corrected chi connectivity index (χ3v) is 2.19. The maximum atomic E-state index is 5.62. The molecule has 3 heteroatoms. The van der Waals surface area contributed by atoms with Gasteiger partial charge in [0.15, 0.2) is 0 Å². The first-order chi connectivity index (χ1) is 7.77. The van der Waals surface area contributed by atoms with Crippen LogP contribution >= 0.6 is 11.6 Å². The van der Waals surface area contributed by atoms with Crippen molar-refractivity contribution in [3.05, 3.63) is 29.8 Å². The molecule has 0 bridgehead atoms. The summed E-state index contributed by atoms with van der Waals surface area (Å²) in [5.41, 5.74) is 0.853. The number of methoxy groups -OCH3 is 1. The summed E-state index contributed by atoms with van der Waals surface area (Å²) in [5, 5.41) is 0. The zero-order valence-electron chi connectivity index (χ0n) is 9.50. The van der Waals surface area contributed by atoms with Crippen LogP contribution in [0.15, 0.2) is 24.3 Å². The molecule has 86 valence electrons. The van der Waals surface area contributed by atoms with Crippen LogP contribution in [0.3, 0.4) is 0 Å². The van der Waals surface area contributed by atoms with Gasteiger partial charge in [-0.1, -0.05) is 24.0 Å². The highest BCUT2D eigenvalue weighted by Crippen LogP contribution is 2.16. The van der Waals surface area contributed by atoms with E-state index >= 15 is 0 Å². The van der Waals surface area contributed by atoms with Crippen LogP contribution in [0.25, 0.3) is 0 Å². The van der Waals surface area contributed by atoms with Crippen LogP contribution in [0.5, 0.6) is 5.75 Å². The summed E-state index contributed by atoms with van der Waals surface area (Å²) in [6.45, 7) is 2.46. The Morgan fingerprint density at radius 2 is 2.12 bits per heavy atom. The molecule has 16 heavy (non-hydrogen) atoms. The van der Waals surface area contributed by atoms with Gasteiger partial charge in [0, 0.05) is 7.11 Å². The molecule has 0 aliphatic carbocycles. The molecule has 0 aliphatic heterocycles. The van der Waals surface area contributed by atoms with E-state index in [1.165, 1.54) is 0 Å². The Hall–Kier alpha value is -1.17. The predicted molar refractivity (Wildman–Crippen MR) is 66.0 cm³/mol. The summed E-state index contributed by atoms with van der Waals surface area (Å²) < 4.78 is 10.7. The zero-order chi connectivity index (χ0) is 11.8. The maximum absolute atomic E-state index is 5.62. The van der Waals surface area contributed by atoms with E-state index < -0.39 is 0 Å². The van der Waals surface area contributed by atoms with E-state index in [2.05, 4.69) is 11.8 Å². The lowest BCUT2D eigenvalue weighted by molar-refractivity contribution is 0.0716. The maximum Gasteiger partial charge on any atom is 0.135 e. The Labute approximate surface area is 102 Å². The van der Waals surface area contributed by atoms with Gasteiger partial charge in [-0.2, -0.15) is 0 Å². The molecule has 0 amide bonds. The van der Waals surface area contributed by atoms with Gasteiger partial charge >= 0.3 is 0 Å². The lowest BCUT2D eigenvalue weighted by Gasteiger charge is -2.12. The van der Waals surface area contributed by atoms with Gasteiger partial charge in [0.05, 0.1) is 17.5 Å². The van der Waals surface area contributed by atoms with Crippen LogP contribution in [0, 0.1) is 11.8 Å². The van der Waals surface area contributed by atoms with E-state index in [9.17, 15) is 0 Å². The Kier molecular flexibility index (Phi) is 5.77. The number of halogens is 1. The van der Waals surface area contributed by atoms with E-state index in [0.29, 0.717) is 12.5 Å². The minimum absolute atomic E-state index is 0.0639. The highest BCUT2D eigenvalue weighted by Gasteiger charge is 2.03. The van der Waals surface area contributed by atoms with Gasteiger partial charge in [0.25, 0.3) is 0 Å². The summed E-state index contributed by atoms with van der Waals surface area (Å²) in [5.74, 6) is 6.86. The van der Waals surface area contributed by atoms with Gasteiger partial charge in [-0.05, 0) is 19.1 Å². The second-order valence-corrected chi connectivity index (χ2v) is 3.56. The van der Waals surface area contributed by atoms with Crippen LogP contribution in [0.1, 0.15) is 12.5 Å². The third kappa shape index (κ3) is 4.14. The number of para-hydroxylation sites is 1. The van der Waals surface area contributed by atoms with Gasteiger partial charge in [-0.3, -0.25) is 0 Å². The fourth-order valence-corrected chi connectivity index (χ4v) is 1.17. The molecular formula is C13H15ClO2. The lowest BCUT2D eigenvalue weighted by atomic mass is 10.2. The first kappa shape index (κ1) is 12.9. The Bertz CT molecular complexity index is 379. The average Bonchev–Trinajstić information content (AvgIpc) is 2.34. The zero-order valence-corrected chi connectivity index (χ0v) is 10.3. The van der Waals surface area contributed by atoms with Gasteiger partial charge in [-0.25, -0.2) is 0 Å². The highest BCUT2D eigenvalue weighted by molar-refractivity contribution is 6.19. The Balaban J connectivity index is 2.71. The molecule has 0 spiro atoms. The van der Waals surface area contributed by atoms with E-state index in [1.807, 2.05) is 31.2 Å². The van der Waals surface area contributed by atoms with Crippen molar-refractivity contribution in [2.75, 3.05) is 19.6 Å². The average molecular weight is 239 g/mol. The SMILES string of the molecule is COC(C)COc1ccccc1C#CCCl. The first-order valence-electron chi connectivity index (χ1n) is 5.07. The lowest BCUT2D eigenvalue weighted by Crippen LogP contribution is -2.16. The van der Waals surface area contributed by atoms with Gasteiger partial charge in [0.1, 0.15) is 12.4 Å². The number of hydrogen-bond donors (Lipinski definition) is 0. The molecule has 2 nitrogen and oxygen atoms in total. The van der Waals surface area contributed by atoms with Crippen molar-refractivity contribution in [1.29, 1.82) is 0 Å². The van der Waals surface area contributed by atoms with E-state index in [-0.39, 0.29) is 6.10 Å². The Morgan fingerprint density at radius 3 is 2.81 bits per heavy atom. The molecule has 1 aromatic rings. The molecule has 0 N–H and O–H groups in total. The molecule has 0 saturated heterocycles. The second kappa shape index (κ2) is 7.16. The standard InChI is InChI=1S/C13H15ClO2/c1-11(15-2)10-16-13-8-4-3-6-12(13)7-5-9-14/h3-4,6,8,11H,9-10H2,1-2H3. The molecule has 1 aromatic carbocycles. The molecular weight excluding hydrogens is 224 g/mol. The highest BCUT2D eigenvalue weighted by atomic mass is 35.5. The molecule has 1 rings (SSSR count). The van der Waals surface area contributed by atoms with Crippen LogP contribution in [0.4, 0.5) is 0 Å². The van der Waals surface area contributed by atoms with Gasteiger partial charge < -0.3 is 9.47 Å². The van der Waals surface area contributed by atoms with Crippen molar-refractivity contribution in [3.8, 4) is 17.6 Å². The monoisotopic (exact) mass is 238 g/mol. The van der Waals surface area contributed by atoms with Gasteiger partial charge in [0.2, 0.25) is 0 Å². The topological polar surface area (TPSA) is 18.5 Å². The number of hydrogen-bond acceptors (Lipinski definition) is 2. The summed E-state index contributed by atoms with van der Waals surface area (Å²) in [6.07, 6.45) is 0.0639. The molecule has 0 saturated carbocycles. The predicted octanol–water partition coefficient (Wildman–Crippen LogP) is 2.69. The normalized spacial score (nSPS) is 11.4.